The molecule has 1 aliphatic heterocycles. The molecule has 128 valence electrons. The van der Waals surface area contributed by atoms with Gasteiger partial charge in [0, 0.05) is 30.2 Å². The molecule has 1 aliphatic rings. The van der Waals surface area contributed by atoms with Crippen molar-refractivity contribution in [3.05, 3.63) is 64.6 Å². The molecule has 2 N–H and O–H groups in total. The normalized spacial score (nSPS) is 14.7. The fourth-order valence-electron chi connectivity index (χ4n) is 2.99. The first-order valence-electron chi connectivity index (χ1n) is 8.35. The molecule has 3 rings (SSSR count). The van der Waals surface area contributed by atoms with Crippen LogP contribution >= 0.6 is 15.9 Å². The highest BCUT2D eigenvalue weighted by Gasteiger charge is 2.19. The van der Waals surface area contributed by atoms with Crippen LogP contribution in [0.15, 0.2) is 59.1 Å². The number of hydrogen-bond acceptors (Lipinski definition) is 2. The number of anilines is 1. The van der Waals surface area contributed by atoms with Crippen molar-refractivity contribution < 1.29 is 4.79 Å². The van der Waals surface area contributed by atoms with Crippen LogP contribution in [-0.2, 0) is 11.2 Å². The molecule has 0 aliphatic carbocycles. The van der Waals surface area contributed by atoms with E-state index in [1.165, 1.54) is 50.5 Å². The van der Waals surface area contributed by atoms with Crippen LogP contribution in [0.5, 0.6) is 0 Å². The van der Waals surface area contributed by atoms with E-state index in [-0.39, 0.29) is 5.91 Å². The number of rotatable bonds is 3. The Morgan fingerprint density at radius 3 is 2.17 bits per heavy atom. The fourth-order valence-corrected chi connectivity index (χ4v) is 3.26. The van der Waals surface area contributed by atoms with Gasteiger partial charge < -0.3 is 10.6 Å². The highest BCUT2D eigenvalue weighted by molar-refractivity contribution is 9.10. The van der Waals surface area contributed by atoms with E-state index in [0.29, 0.717) is 0 Å². The van der Waals surface area contributed by atoms with Gasteiger partial charge in [-0.2, -0.15) is 0 Å². The quantitative estimate of drug-likeness (QED) is 0.846. The summed E-state index contributed by atoms with van der Waals surface area (Å²) in [6.45, 7) is 3.66. The number of amides is 1. The van der Waals surface area contributed by atoms with Crippen LogP contribution in [0.4, 0.5) is 5.69 Å². The summed E-state index contributed by atoms with van der Waals surface area (Å²) in [5, 5.41) is 0. The lowest BCUT2D eigenvalue weighted by molar-refractivity contribution is -0.115. The minimum Gasteiger partial charge on any atom is -0.372 e. The zero-order valence-corrected chi connectivity index (χ0v) is 15.7. The number of carbonyl (C=O) groups excluding carboxylic acids is 1. The number of primary amides is 1. The lowest BCUT2D eigenvalue weighted by Gasteiger charge is -2.33. The van der Waals surface area contributed by atoms with Crippen molar-refractivity contribution in [3.8, 4) is 0 Å². The van der Waals surface area contributed by atoms with Crippen LogP contribution in [0.1, 0.15) is 25.3 Å². The van der Waals surface area contributed by atoms with Gasteiger partial charge in [0.25, 0.3) is 0 Å². The first-order valence-corrected chi connectivity index (χ1v) is 9.14. The van der Waals surface area contributed by atoms with E-state index in [1.807, 2.05) is 0 Å². The third-order valence-corrected chi connectivity index (χ3v) is 4.70. The zero-order valence-electron chi connectivity index (χ0n) is 14.1. The van der Waals surface area contributed by atoms with Crippen LogP contribution in [0, 0.1) is 5.92 Å². The van der Waals surface area contributed by atoms with Crippen molar-refractivity contribution in [2.45, 2.75) is 26.2 Å². The van der Waals surface area contributed by atoms with Gasteiger partial charge in [-0.15, -0.1) is 0 Å². The smallest absolute Gasteiger partial charge is 0.214 e. The van der Waals surface area contributed by atoms with Crippen molar-refractivity contribution in [2.24, 2.45) is 11.7 Å². The average molecular weight is 389 g/mol. The Morgan fingerprint density at radius 2 is 1.62 bits per heavy atom. The van der Waals surface area contributed by atoms with Crippen molar-refractivity contribution in [1.82, 2.24) is 0 Å². The monoisotopic (exact) mass is 388 g/mol. The summed E-state index contributed by atoms with van der Waals surface area (Å²) in [5.74, 6) is 0.504. The average Bonchev–Trinajstić information content (AvgIpc) is 2.57. The second-order valence-corrected chi connectivity index (χ2v) is 7.12. The summed E-state index contributed by atoms with van der Waals surface area (Å²) < 4.78 is 1.15. The van der Waals surface area contributed by atoms with Gasteiger partial charge in [0.1, 0.15) is 0 Å². The van der Waals surface area contributed by atoms with E-state index in [0.717, 1.165) is 10.4 Å². The summed E-state index contributed by atoms with van der Waals surface area (Å²) >= 11 is 3.50. The van der Waals surface area contributed by atoms with Crippen LogP contribution in [-0.4, -0.2) is 19.0 Å². The molecule has 1 saturated heterocycles. The molecule has 1 fully saturated rings. The minimum absolute atomic E-state index is 0.333. The van der Waals surface area contributed by atoms with Gasteiger partial charge in [0.2, 0.25) is 5.91 Å². The van der Waals surface area contributed by atoms with E-state index >= 15 is 0 Å². The molecule has 0 aromatic heterocycles. The van der Waals surface area contributed by atoms with Crippen LogP contribution in [0.3, 0.4) is 0 Å². The van der Waals surface area contributed by atoms with E-state index in [9.17, 15) is 4.79 Å². The molecule has 1 heterocycles. The molecule has 0 spiro atoms. The van der Waals surface area contributed by atoms with Gasteiger partial charge in [0.15, 0.2) is 0 Å². The standard InChI is InChI=1S/C18H20BrN.C2H5NO/c19-17-6-8-18(9-7-17)20-12-10-16(11-13-20)14-15-4-2-1-3-5-15;1-2(3)4/h1-9,16H,10-14H2;1H3,(H2,3,4). The predicted molar refractivity (Wildman–Crippen MR) is 104 cm³/mol. The molecular formula is C20H25BrN2O. The summed E-state index contributed by atoms with van der Waals surface area (Å²) in [7, 11) is 0. The topological polar surface area (TPSA) is 46.3 Å². The van der Waals surface area contributed by atoms with Crippen molar-refractivity contribution in [2.75, 3.05) is 18.0 Å². The molecule has 0 unspecified atom stereocenters. The number of benzene rings is 2. The Labute approximate surface area is 153 Å². The minimum atomic E-state index is -0.333. The Bertz CT molecular complexity index is 616. The second kappa shape index (κ2) is 9.48. The maximum absolute atomic E-state index is 9.22. The van der Waals surface area contributed by atoms with Gasteiger partial charge in [-0.1, -0.05) is 46.3 Å². The molecule has 4 heteroatoms. The SMILES string of the molecule is Brc1ccc(N2CCC(Cc3ccccc3)CC2)cc1.CC(N)=O. The molecule has 1 amide bonds. The number of nitrogens with zero attached hydrogens (tertiary/aromatic N) is 1. The highest BCUT2D eigenvalue weighted by Crippen LogP contribution is 2.26. The third kappa shape index (κ3) is 6.36. The molecular weight excluding hydrogens is 364 g/mol. The molecule has 24 heavy (non-hydrogen) atoms. The zero-order chi connectivity index (χ0) is 17.4. The van der Waals surface area contributed by atoms with Crippen molar-refractivity contribution >= 4 is 27.5 Å². The molecule has 2 aromatic carbocycles. The van der Waals surface area contributed by atoms with Crippen LogP contribution < -0.4 is 10.6 Å². The Kier molecular flexibility index (Phi) is 7.32. The lowest BCUT2D eigenvalue weighted by Crippen LogP contribution is -2.34. The van der Waals surface area contributed by atoms with Gasteiger partial charge >= 0.3 is 0 Å². The first-order chi connectivity index (χ1) is 11.5. The maximum Gasteiger partial charge on any atom is 0.214 e. The number of piperidine rings is 1. The largest absolute Gasteiger partial charge is 0.372 e. The number of carbonyl (C=O) groups is 1. The van der Waals surface area contributed by atoms with Gasteiger partial charge in [0.05, 0.1) is 0 Å². The predicted octanol–water partition coefficient (Wildman–Crippen LogP) is 4.40. The Hall–Kier alpha value is -1.81. The second-order valence-electron chi connectivity index (χ2n) is 6.21. The fraction of sp³-hybridized carbons (Fsp3) is 0.350. The highest BCUT2D eigenvalue weighted by atomic mass is 79.9. The van der Waals surface area contributed by atoms with E-state index in [1.54, 1.807) is 0 Å². The van der Waals surface area contributed by atoms with Crippen LogP contribution in [0.2, 0.25) is 0 Å². The summed E-state index contributed by atoms with van der Waals surface area (Å²) in [6, 6.07) is 19.6. The molecule has 2 aromatic rings. The molecule has 0 bridgehead atoms. The summed E-state index contributed by atoms with van der Waals surface area (Å²) in [4.78, 5) is 11.7. The Morgan fingerprint density at radius 1 is 1.08 bits per heavy atom. The third-order valence-electron chi connectivity index (χ3n) is 4.17. The lowest BCUT2D eigenvalue weighted by atomic mass is 9.90. The number of nitrogens with two attached hydrogens (primary N) is 1. The number of hydrogen-bond donors (Lipinski definition) is 1. The summed E-state index contributed by atoms with van der Waals surface area (Å²) in [6.07, 6.45) is 3.82. The van der Waals surface area contributed by atoms with E-state index in [4.69, 9.17) is 0 Å². The van der Waals surface area contributed by atoms with E-state index in [2.05, 4.69) is 81.2 Å². The molecule has 0 radical (unpaired) electrons. The molecule has 0 atom stereocenters. The first kappa shape index (κ1) is 18.5. The number of halogens is 1. The van der Waals surface area contributed by atoms with Crippen molar-refractivity contribution in [1.29, 1.82) is 0 Å². The maximum atomic E-state index is 9.22. The van der Waals surface area contributed by atoms with Gasteiger partial charge in [-0.05, 0) is 55.0 Å². The van der Waals surface area contributed by atoms with Crippen molar-refractivity contribution in [3.63, 3.8) is 0 Å². The molecule has 0 saturated carbocycles. The summed E-state index contributed by atoms with van der Waals surface area (Å²) in [5.41, 5.74) is 7.31. The van der Waals surface area contributed by atoms with Gasteiger partial charge in [-0.3, -0.25) is 4.79 Å². The molecule has 3 nitrogen and oxygen atoms in total. The Balaban J connectivity index is 0.000000471. The van der Waals surface area contributed by atoms with E-state index < -0.39 is 0 Å². The van der Waals surface area contributed by atoms with Crippen LogP contribution in [0.25, 0.3) is 0 Å². The van der Waals surface area contributed by atoms with Gasteiger partial charge in [-0.25, -0.2) is 0 Å².